The van der Waals surface area contributed by atoms with Crippen molar-refractivity contribution in [3.8, 4) is 11.1 Å². The van der Waals surface area contributed by atoms with E-state index in [9.17, 15) is 4.79 Å². The van der Waals surface area contributed by atoms with Crippen molar-refractivity contribution in [2.45, 2.75) is 45.2 Å². The number of halogens is 1. The largest absolute Gasteiger partial charge is 0.379 e. The van der Waals surface area contributed by atoms with E-state index in [2.05, 4.69) is 31.2 Å². The molecule has 152 valence electrons. The Kier molecular flexibility index (Phi) is 4.59. The number of amides is 1. The molecular formula is C22H26ClN5O. The van der Waals surface area contributed by atoms with Crippen LogP contribution in [0.1, 0.15) is 44.0 Å². The van der Waals surface area contributed by atoms with Crippen molar-refractivity contribution < 1.29 is 4.79 Å². The topological polar surface area (TPSA) is 98.4 Å². The summed E-state index contributed by atoms with van der Waals surface area (Å²) in [5.74, 6) is -0.511. The van der Waals surface area contributed by atoms with Gasteiger partial charge in [-0.1, -0.05) is 37.6 Å². The van der Waals surface area contributed by atoms with Crippen LogP contribution in [-0.4, -0.2) is 27.1 Å². The Labute approximate surface area is 175 Å². The summed E-state index contributed by atoms with van der Waals surface area (Å²) in [5, 5.41) is 8.66. The zero-order valence-electron chi connectivity index (χ0n) is 16.9. The highest BCUT2D eigenvalue weighted by molar-refractivity contribution is 6.30. The number of hydrogen-bond acceptors (Lipinski definition) is 4. The zero-order valence-corrected chi connectivity index (χ0v) is 17.6. The Bertz CT molecular complexity index is 1080. The second kappa shape index (κ2) is 6.75. The van der Waals surface area contributed by atoms with Gasteiger partial charge in [0, 0.05) is 33.8 Å². The summed E-state index contributed by atoms with van der Waals surface area (Å²) in [6.07, 6.45) is 5.27. The smallest absolute Gasteiger partial charge is 0.252 e. The quantitative estimate of drug-likeness (QED) is 0.602. The van der Waals surface area contributed by atoms with Crippen LogP contribution in [0.4, 0.5) is 5.69 Å². The Balaban J connectivity index is 1.82. The van der Waals surface area contributed by atoms with Gasteiger partial charge in [-0.25, -0.2) is 4.52 Å². The maximum Gasteiger partial charge on any atom is 0.252 e. The Morgan fingerprint density at radius 2 is 1.93 bits per heavy atom. The van der Waals surface area contributed by atoms with Crippen LogP contribution in [-0.2, 0) is 0 Å². The van der Waals surface area contributed by atoms with Gasteiger partial charge in [-0.15, -0.1) is 0 Å². The average Bonchev–Trinajstić information content (AvgIpc) is 3.17. The van der Waals surface area contributed by atoms with E-state index in [1.54, 1.807) is 4.52 Å². The standard InChI is InChI=1S/C22H26ClN5O/c1-21(2)18(8-9-22(21,3)25)27-19-16(20(24)29)11-26-28-12-14(10-17(19)28)13-4-6-15(23)7-5-13/h4-7,10-12,18,27H,8-9,25H2,1-3H3,(H2,24,29)/t18-,22+/m1/s1. The van der Waals surface area contributed by atoms with Crippen molar-refractivity contribution in [1.82, 2.24) is 9.61 Å². The minimum absolute atomic E-state index is 0.107. The first-order valence-electron chi connectivity index (χ1n) is 9.73. The zero-order chi connectivity index (χ0) is 21.0. The van der Waals surface area contributed by atoms with Crippen LogP contribution in [0.25, 0.3) is 16.6 Å². The van der Waals surface area contributed by atoms with E-state index in [-0.39, 0.29) is 17.0 Å². The molecule has 2 aromatic heterocycles. The minimum atomic E-state index is -0.511. The molecule has 0 unspecified atom stereocenters. The number of carbonyl (C=O) groups is 1. The second-order valence-electron chi connectivity index (χ2n) is 8.74. The van der Waals surface area contributed by atoms with Crippen LogP contribution in [0.2, 0.25) is 5.02 Å². The number of benzene rings is 1. The van der Waals surface area contributed by atoms with Gasteiger partial charge in [0.05, 0.1) is 23.0 Å². The molecule has 1 aliphatic rings. The number of hydrogen-bond donors (Lipinski definition) is 3. The summed E-state index contributed by atoms with van der Waals surface area (Å²) >= 11 is 6.01. The molecule has 0 saturated heterocycles. The lowest BCUT2D eigenvalue weighted by molar-refractivity contribution is 0.100. The number of rotatable bonds is 4. The lowest BCUT2D eigenvalue weighted by atomic mass is 9.75. The molecule has 6 nitrogen and oxygen atoms in total. The molecule has 0 spiro atoms. The van der Waals surface area contributed by atoms with Crippen molar-refractivity contribution in [3.05, 3.63) is 53.3 Å². The summed E-state index contributed by atoms with van der Waals surface area (Å²) in [6.45, 7) is 6.41. The summed E-state index contributed by atoms with van der Waals surface area (Å²) in [6, 6.07) is 9.73. The number of fused-ring (bicyclic) bond motifs is 1. The molecule has 4 rings (SSSR count). The SMILES string of the molecule is CC1(C)[C@H](Nc2c(C(N)=O)cnn3cc(-c4ccc(Cl)cc4)cc23)CC[C@]1(C)N. The Hall–Kier alpha value is -2.57. The van der Waals surface area contributed by atoms with E-state index in [4.69, 9.17) is 23.1 Å². The summed E-state index contributed by atoms with van der Waals surface area (Å²) < 4.78 is 1.77. The van der Waals surface area contributed by atoms with Crippen molar-refractivity contribution in [3.63, 3.8) is 0 Å². The first kappa shape index (κ1) is 19.7. The average molecular weight is 412 g/mol. The van der Waals surface area contributed by atoms with Gasteiger partial charge < -0.3 is 16.8 Å². The fraction of sp³-hybridized carbons (Fsp3) is 0.364. The lowest BCUT2D eigenvalue weighted by Crippen LogP contribution is -2.51. The van der Waals surface area contributed by atoms with Crippen LogP contribution in [0.5, 0.6) is 0 Å². The number of nitrogens with one attached hydrogen (secondary N) is 1. The van der Waals surface area contributed by atoms with Gasteiger partial charge in [0.15, 0.2) is 0 Å². The van der Waals surface area contributed by atoms with Crippen molar-refractivity contribution in [2.75, 3.05) is 5.32 Å². The van der Waals surface area contributed by atoms with Gasteiger partial charge >= 0.3 is 0 Å². The van der Waals surface area contributed by atoms with Gasteiger partial charge in [0.1, 0.15) is 0 Å². The molecule has 5 N–H and O–H groups in total. The maximum atomic E-state index is 12.1. The van der Waals surface area contributed by atoms with Gasteiger partial charge in [0.2, 0.25) is 0 Å². The molecule has 2 atom stereocenters. The number of nitrogens with zero attached hydrogens (tertiary/aromatic N) is 2. The summed E-state index contributed by atoms with van der Waals surface area (Å²) in [7, 11) is 0. The first-order chi connectivity index (χ1) is 13.6. The fourth-order valence-electron chi connectivity index (χ4n) is 4.15. The van der Waals surface area contributed by atoms with E-state index in [0.29, 0.717) is 16.3 Å². The van der Waals surface area contributed by atoms with Crippen LogP contribution < -0.4 is 16.8 Å². The van der Waals surface area contributed by atoms with E-state index in [1.165, 1.54) is 6.20 Å². The fourth-order valence-corrected chi connectivity index (χ4v) is 4.27. The van der Waals surface area contributed by atoms with Crippen molar-refractivity contribution in [2.24, 2.45) is 16.9 Å². The molecule has 1 saturated carbocycles. The Morgan fingerprint density at radius 1 is 1.24 bits per heavy atom. The molecule has 0 aliphatic heterocycles. The first-order valence-corrected chi connectivity index (χ1v) is 10.1. The minimum Gasteiger partial charge on any atom is -0.379 e. The van der Waals surface area contributed by atoms with E-state index in [1.807, 2.05) is 36.5 Å². The van der Waals surface area contributed by atoms with Crippen molar-refractivity contribution >= 4 is 28.7 Å². The van der Waals surface area contributed by atoms with E-state index < -0.39 is 5.91 Å². The molecule has 7 heteroatoms. The number of nitrogens with two attached hydrogens (primary N) is 2. The maximum absolute atomic E-state index is 12.1. The highest BCUT2D eigenvalue weighted by atomic mass is 35.5. The third-order valence-corrected chi connectivity index (χ3v) is 6.95. The van der Waals surface area contributed by atoms with Gasteiger partial charge in [-0.2, -0.15) is 5.10 Å². The molecule has 1 fully saturated rings. The van der Waals surface area contributed by atoms with Crippen LogP contribution in [0.15, 0.2) is 42.7 Å². The monoisotopic (exact) mass is 411 g/mol. The molecule has 1 aromatic carbocycles. The third kappa shape index (κ3) is 3.26. The highest BCUT2D eigenvalue weighted by Gasteiger charge is 2.49. The molecule has 29 heavy (non-hydrogen) atoms. The molecular weight excluding hydrogens is 386 g/mol. The number of anilines is 1. The van der Waals surface area contributed by atoms with E-state index in [0.717, 1.165) is 29.5 Å². The molecule has 0 radical (unpaired) electrons. The number of carbonyl (C=O) groups excluding carboxylic acids is 1. The third-order valence-electron chi connectivity index (χ3n) is 6.69. The molecule has 1 aliphatic carbocycles. The molecule has 2 heterocycles. The second-order valence-corrected chi connectivity index (χ2v) is 9.17. The van der Waals surface area contributed by atoms with Gasteiger partial charge in [0.25, 0.3) is 5.91 Å². The highest BCUT2D eigenvalue weighted by Crippen LogP contribution is 2.46. The normalized spacial score (nSPS) is 23.4. The van der Waals surface area contributed by atoms with Crippen LogP contribution in [0.3, 0.4) is 0 Å². The van der Waals surface area contributed by atoms with Crippen LogP contribution in [0, 0.1) is 5.41 Å². The lowest BCUT2D eigenvalue weighted by Gasteiger charge is -2.39. The Morgan fingerprint density at radius 3 is 2.52 bits per heavy atom. The predicted molar refractivity (Wildman–Crippen MR) is 117 cm³/mol. The predicted octanol–water partition coefficient (Wildman–Crippen LogP) is 4.07. The molecule has 1 amide bonds. The van der Waals surface area contributed by atoms with Gasteiger partial charge in [-0.3, -0.25) is 4.79 Å². The summed E-state index contributed by atoms with van der Waals surface area (Å²) in [5.41, 5.74) is 15.6. The van der Waals surface area contributed by atoms with Crippen molar-refractivity contribution in [1.29, 1.82) is 0 Å². The van der Waals surface area contributed by atoms with Gasteiger partial charge in [-0.05, 0) is 43.5 Å². The number of primary amides is 1. The number of aromatic nitrogens is 2. The molecule has 0 bridgehead atoms. The van der Waals surface area contributed by atoms with Crippen LogP contribution >= 0.6 is 11.6 Å². The summed E-state index contributed by atoms with van der Waals surface area (Å²) in [4.78, 5) is 12.1. The van der Waals surface area contributed by atoms with E-state index >= 15 is 0 Å². The molecule has 3 aromatic rings.